The molecule has 1 amide bonds. The van der Waals surface area contributed by atoms with Crippen LogP contribution in [0.2, 0.25) is 0 Å². The summed E-state index contributed by atoms with van der Waals surface area (Å²) in [6.07, 6.45) is 1.30. The van der Waals surface area contributed by atoms with Gasteiger partial charge in [-0.15, -0.1) is 0 Å². The van der Waals surface area contributed by atoms with Crippen molar-refractivity contribution in [2.24, 2.45) is 0 Å². The van der Waals surface area contributed by atoms with Crippen LogP contribution in [-0.2, 0) is 4.79 Å². The number of H-pyrrole nitrogens is 1. The highest BCUT2D eigenvalue weighted by Crippen LogP contribution is 2.00. The third kappa shape index (κ3) is 3.44. The van der Waals surface area contributed by atoms with Crippen LogP contribution < -0.4 is 5.56 Å². The number of carboxylic acids is 1. The lowest BCUT2D eigenvalue weighted by Crippen LogP contribution is -2.36. The van der Waals surface area contributed by atoms with Crippen LogP contribution in [0.1, 0.15) is 23.7 Å². The number of hydrogen-bond donors (Lipinski definition) is 2. The third-order valence-electron chi connectivity index (χ3n) is 2.31. The Bertz CT molecular complexity index is 467. The van der Waals surface area contributed by atoms with Crippen LogP contribution in [0.4, 0.5) is 0 Å². The zero-order chi connectivity index (χ0) is 12.8. The number of amides is 1. The van der Waals surface area contributed by atoms with E-state index in [1.54, 1.807) is 13.0 Å². The Hall–Kier alpha value is -2.11. The maximum atomic E-state index is 11.9. The zero-order valence-electron chi connectivity index (χ0n) is 9.47. The SMILES string of the molecule is CCN(CCC(=O)O)C(=O)c1ccc[nH]c1=O. The Labute approximate surface area is 97.9 Å². The summed E-state index contributed by atoms with van der Waals surface area (Å²) in [4.78, 5) is 37.5. The first-order chi connectivity index (χ1) is 8.06. The van der Waals surface area contributed by atoms with Gasteiger partial charge in [-0.1, -0.05) is 0 Å². The van der Waals surface area contributed by atoms with Crippen LogP contribution in [0.5, 0.6) is 0 Å². The number of aromatic amines is 1. The van der Waals surface area contributed by atoms with E-state index in [4.69, 9.17) is 5.11 Å². The number of rotatable bonds is 5. The average molecular weight is 238 g/mol. The second kappa shape index (κ2) is 5.83. The van der Waals surface area contributed by atoms with Gasteiger partial charge in [0.2, 0.25) is 0 Å². The molecule has 0 unspecified atom stereocenters. The van der Waals surface area contributed by atoms with Gasteiger partial charge in [-0.3, -0.25) is 14.4 Å². The van der Waals surface area contributed by atoms with Crippen LogP contribution in [0.3, 0.4) is 0 Å². The number of hydrogen-bond acceptors (Lipinski definition) is 3. The quantitative estimate of drug-likeness (QED) is 0.772. The third-order valence-corrected chi connectivity index (χ3v) is 2.31. The van der Waals surface area contributed by atoms with Gasteiger partial charge in [0.15, 0.2) is 0 Å². The molecule has 0 bridgehead atoms. The fraction of sp³-hybridized carbons (Fsp3) is 0.364. The number of nitrogens with one attached hydrogen (secondary N) is 1. The van der Waals surface area contributed by atoms with Crippen molar-refractivity contribution in [2.75, 3.05) is 13.1 Å². The lowest BCUT2D eigenvalue weighted by Gasteiger charge is -2.19. The molecule has 1 aromatic rings. The van der Waals surface area contributed by atoms with E-state index >= 15 is 0 Å². The number of carboxylic acid groups (broad SMARTS) is 1. The van der Waals surface area contributed by atoms with Crippen molar-refractivity contribution in [3.8, 4) is 0 Å². The van der Waals surface area contributed by atoms with Crippen LogP contribution in [0.15, 0.2) is 23.1 Å². The molecule has 6 heteroatoms. The van der Waals surface area contributed by atoms with Crippen LogP contribution >= 0.6 is 0 Å². The summed E-state index contributed by atoms with van der Waals surface area (Å²) in [7, 11) is 0. The predicted molar refractivity (Wildman–Crippen MR) is 60.9 cm³/mol. The summed E-state index contributed by atoms with van der Waals surface area (Å²) in [6.45, 7) is 2.19. The number of carbonyl (C=O) groups excluding carboxylic acids is 1. The van der Waals surface area contributed by atoms with Gasteiger partial charge in [0.05, 0.1) is 6.42 Å². The number of aliphatic carboxylic acids is 1. The molecule has 17 heavy (non-hydrogen) atoms. The summed E-state index contributed by atoms with van der Waals surface area (Å²) < 4.78 is 0. The average Bonchev–Trinajstić information content (AvgIpc) is 2.29. The fourth-order valence-corrected chi connectivity index (χ4v) is 1.39. The summed E-state index contributed by atoms with van der Waals surface area (Å²) in [6, 6.07) is 2.98. The van der Waals surface area contributed by atoms with E-state index in [1.807, 2.05) is 0 Å². The van der Waals surface area contributed by atoms with Crippen molar-refractivity contribution in [3.63, 3.8) is 0 Å². The van der Waals surface area contributed by atoms with Crippen molar-refractivity contribution in [3.05, 3.63) is 34.2 Å². The Morgan fingerprint density at radius 3 is 2.71 bits per heavy atom. The van der Waals surface area contributed by atoms with Gasteiger partial charge in [0.1, 0.15) is 5.56 Å². The van der Waals surface area contributed by atoms with Gasteiger partial charge in [-0.2, -0.15) is 0 Å². The Morgan fingerprint density at radius 2 is 2.18 bits per heavy atom. The predicted octanol–water partition coefficient (Wildman–Crippen LogP) is 0.312. The van der Waals surface area contributed by atoms with Gasteiger partial charge < -0.3 is 15.0 Å². The molecule has 2 N–H and O–H groups in total. The molecule has 1 rings (SSSR count). The van der Waals surface area contributed by atoms with Gasteiger partial charge in [-0.25, -0.2) is 0 Å². The van der Waals surface area contributed by atoms with E-state index in [-0.39, 0.29) is 18.5 Å². The van der Waals surface area contributed by atoms with E-state index < -0.39 is 17.4 Å². The summed E-state index contributed by atoms with van der Waals surface area (Å²) >= 11 is 0. The molecular weight excluding hydrogens is 224 g/mol. The van der Waals surface area contributed by atoms with Gasteiger partial charge in [0.25, 0.3) is 11.5 Å². The molecular formula is C11H14N2O4. The first-order valence-electron chi connectivity index (χ1n) is 5.25. The summed E-state index contributed by atoms with van der Waals surface area (Å²) in [5, 5.41) is 8.56. The Balaban J connectivity index is 2.83. The molecule has 1 heterocycles. The van der Waals surface area contributed by atoms with Gasteiger partial charge in [-0.05, 0) is 19.1 Å². The highest BCUT2D eigenvalue weighted by atomic mass is 16.4. The van der Waals surface area contributed by atoms with Crippen molar-refractivity contribution >= 4 is 11.9 Å². The molecule has 0 saturated heterocycles. The van der Waals surface area contributed by atoms with Gasteiger partial charge >= 0.3 is 5.97 Å². The molecule has 1 aromatic heterocycles. The maximum Gasteiger partial charge on any atom is 0.305 e. The van der Waals surface area contributed by atoms with E-state index in [0.29, 0.717) is 6.54 Å². The van der Waals surface area contributed by atoms with Crippen LogP contribution in [0.25, 0.3) is 0 Å². The first-order valence-corrected chi connectivity index (χ1v) is 5.25. The molecule has 0 fully saturated rings. The van der Waals surface area contributed by atoms with E-state index in [2.05, 4.69) is 4.98 Å². The minimum absolute atomic E-state index is 0.0275. The lowest BCUT2D eigenvalue weighted by molar-refractivity contribution is -0.137. The molecule has 0 atom stereocenters. The van der Waals surface area contributed by atoms with E-state index in [1.165, 1.54) is 17.2 Å². The van der Waals surface area contributed by atoms with Crippen molar-refractivity contribution < 1.29 is 14.7 Å². The lowest BCUT2D eigenvalue weighted by atomic mass is 10.2. The molecule has 0 aliphatic carbocycles. The van der Waals surface area contributed by atoms with E-state index in [9.17, 15) is 14.4 Å². The molecule has 0 aliphatic rings. The largest absolute Gasteiger partial charge is 0.481 e. The highest BCUT2D eigenvalue weighted by Gasteiger charge is 2.17. The second-order valence-corrected chi connectivity index (χ2v) is 3.44. The molecule has 0 aliphatic heterocycles. The topological polar surface area (TPSA) is 90.5 Å². The van der Waals surface area contributed by atoms with Crippen molar-refractivity contribution in [1.82, 2.24) is 9.88 Å². The fourth-order valence-electron chi connectivity index (χ4n) is 1.39. The van der Waals surface area contributed by atoms with Crippen LogP contribution in [0, 0.1) is 0 Å². The van der Waals surface area contributed by atoms with Crippen molar-refractivity contribution in [2.45, 2.75) is 13.3 Å². The Kier molecular flexibility index (Phi) is 4.45. The number of aromatic nitrogens is 1. The number of carbonyl (C=O) groups is 2. The second-order valence-electron chi connectivity index (χ2n) is 3.44. The minimum Gasteiger partial charge on any atom is -0.481 e. The minimum atomic E-state index is -0.974. The molecule has 0 saturated carbocycles. The summed E-state index contributed by atoms with van der Waals surface area (Å²) in [5.74, 6) is -1.42. The van der Waals surface area contributed by atoms with Gasteiger partial charge in [0, 0.05) is 19.3 Å². The van der Waals surface area contributed by atoms with Crippen LogP contribution in [-0.4, -0.2) is 40.0 Å². The summed E-state index contributed by atoms with van der Waals surface area (Å²) in [5.41, 5.74) is -0.439. The zero-order valence-corrected chi connectivity index (χ0v) is 9.47. The monoisotopic (exact) mass is 238 g/mol. The Morgan fingerprint density at radius 1 is 1.47 bits per heavy atom. The first kappa shape index (κ1) is 13.0. The van der Waals surface area contributed by atoms with Crippen molar-refractivity contribution in [1.29, 1.82) is 0 Å². The molecule has 6 nitrogen and oxygen atoms in total. The molecule has 0 radical (unpaired) electrons. The molecule has 92 valence electrons. The maximum absolute atomic E-state index is 11.9. The van der Waals surface area contributed by atoms with E-state index in [0.717, 1.165) is 0 Å². The number of nitrogens with zero attached hydrogens (tertiary/aromatic N) is 1. The highest BCUT2D eigenvalue weighted by molar-refractivity contribution is 5.93. The molecule has 0 spiro atoms. The smallest absolute Gasteiger partial charge is 0.305 e. The number of pyridine rings is 1. The molecule has 0 aromatic carbocycles. The standard InChI is InChI=1S/C11H14N2O4/c1-2-13(7-5-9(14)15)11(17)8-4-3-6-12-10(8)16/h3-4,6H,2,5,7H2,1H3,(H,12,16)(H,14,15). The normalized spacial score (nSPS) is 9.94.